The highest BCUT2D eigenvalue weighted by molar-refractivity contribution is 7.14. The maximum absolute atomic E-state index is 13.8. The highest BCUT2D eigenvalue weighted by Gasteiger charge is 2.53. The average molecular weight is 489 g/mol. The molecule has 0 atom stereocenters. The van der Waals surface area contributed by atoms with E-state index < -0.39 is 11.6 Å². The molecule has 3 aromatic rings. The molecule has 35 heavy (non-hydrogen) atoms. The summed E-state index contributed by atoms with van der Waals surface area (Å²) in [4.78, 5) is 47.1. The van der Waals surface area contributed by atoms with Gasteiger partial charge in [-0.1, -0.05) is 54.8 Å². The fraction of sp³-hybridized carbons (Fsp3) is 0.333. The summed E-state index contributed by atoms with van der Waals surface area (Å²) in [6, 6.07) is 13.5. The van der Waals surface area contributed by atoms with Crippen molar-refractivity contribution in [2.24, 2.45) is 0 Å². The molecular weight excluding hydrogens is 460 g/mol. The second-order valence-corrected chi connectivity index (χ2v) is 10.3. The van der Waals surface area contributed by atoms with Crippen molar-refractivity contribution in [3.8, 4) is 11.3 Å². The Hall–Kier alpha value is -3.52. The smallest absolute Gasteiger partial charge is 0.323 e. The number of imide groups is 1. The zero-order valence-electron chi connectivity index (χ0n) is 20.1. The predicted molar refractivity (Wildman–Crippen MR) is 137 cm³/mol. The van der Waals surface area contributed by atoms with Crippen LogP contribution in [0.3, 0.4) is 0 Å². The molecule has 2 fully saturated rings. The van der Waals surface area contributed by atoms with E-state index in [1.807, 2.05) is 68.6 Å². The summed E-state index contributed by atoms with van der Waals surface area (Å²) in [5, 5.41) is 5.28. The van der Waals surface area contributed by atoms with Crippen LogP contribution in [-0.4, -0.2) is 39.8 Å². The number of carbonyl (C=O) groups excluding carboxylic acids is 3. The Morgan fingerprint density at radius 2 is 1.74 bits per heavy atom. The van der Waals surface area contributed by atoms with E-state index in [1.54, 1.807) is 4.90 Å². The monoisotopic (exact) mass is 488 g/mol. The van der Waals surface area contributed by atoms with Crippen LogP contribution in [0.1, 0.15) is 42.4 Å². The highest BCUT2D eigenvalue weighted by atomic mass is 32.1. The molecule has 0 radical (unpaired) electrons. The molecule has 1 spiro atoms. The van der Waals surface area contributed by atoms with Crippen molar-refractivity contribution in [2.75, 3.05) is 11.4 Å². The Labute approximate surface area is 208 Å². The van der Waals surface area contributed by atoms with Crippen molar-refractivity contribution in [1.82, 2.24) is 15.2 Å². The van der Waals surface area contributed by atoms with Crippen LogP contribution in [0.2, 0.25) is 0 Å². The molecule has 2 heterocycles. The Kier molecular flexibility index (Phi) is 5.92. The van der Waals surface area contributed by atoms with Gasteiger partial charge in [0.15, 0.2) is 5.13 Å². The molecular formula is C27H28N4O3S. The van der Waals surface area contributed by atoms with Gasteiger partial charge >= 0.3 is 6.03 Å². The number of nitrogens with one attached hydrogen (secondary N) is 1. The molecule has 1 aliphatic heterocycles. The number of hydrogen-bond donors (Lipinski definition) is 1. The number of amides is 4. The van der Waals surface area contributed by atoms with Crippen LogP contribution < -0.4 is 10.2 Å². The number of aromatic nitrogens is 1. The maximum Gasteiger partial charge on any atom is 0.325 e. The zero-order chi connectivity index (χ0) is 24.7. The minimum atomic E-state index is -0.846. The van der Waals surface area contributed by atoms with Gasteiger partial charge in [-0.2, -0.15) is 0 Å². The van der Waals surface area contributed by atoms with E-state index >= 15 is 0 Å². The van der Waals surface area contributed by atoms with Gasteiger partial charge in [0, 0.05) is 10.9 Å². The van der Waals surface area contributed by atoms with Crippen molar-refractivity contribution in [3.05, 3.63) is 64.5 Å². The molecule has 1 aromatic heterocycles. The quantitative estimate of drug-likeness (QED) is 0.497. The van der Waals surface area contributed by atoms with Gasteiger partial charge in [-0.25, -0.2) is 9.78 Å². The maximum atomic E-state index is 13.8. The first-order valence-corrected chi connectivity index (χ1v) is 12.7. The number of aryl methyl sites for hydroxylation is 3. The first-order chi connectivity index (χ1) is 16.8. The van der Waals surface area contributed by atoms with Crippen LogP contribution in [0, 0.1) is 20.8 Å². The number of hydrogen-bond acceptors (Lipinski definition) is 5. The lowest BCUT2D eigenvalue weighted by Gasteiger charge is -2.25. The van der Waals surface area contributed by atoms with Crippen LogP contribution in [0.5, 0.6) is 0 Å². The van der Waals surface area contributed by atoms with E-state index in [4.69, 9.17) is 4.98 Å². The van der Waals surface area contributed by atoms with E-state index in [2.05, 4.69) is 5.32 Å². The summed E-state index contributed by atoms with van der Waals surface area (Å²) in [6.45, 7) is 5.60. The van der Waals surface area contributed by atoms with Gasteiger partial charge in [-0.05, 0) is 50.8 Å². The molecule has 4 amide bonds. The molecule has 2 aromatic carbocycles. The third-order valence-electron chi connectivity index (χ3n) is 6.88. The van der Waals surface area contributed by atoms with Gasteiger partial charge in [0.1, 0.15) is 12.1 Å². The molecule has 0 unspecified atom stereocenters. The lowest BCUT2D eigenvalue weighted by molar-refractivity contribution is -0.134. The van der Waals surface area contributed by atoms with E-state index in [-0.39, 0.29) is 18.4 Å². The number of anilines is 2. The van der Waals surface area contributed by atoms with Crippen LogP contribution in [0.4, 0.5) is 15.6 Å². The summed E-state index contributed by atoms with van der Waals surface area (Å²) in [5.74, 6) is -0.671. The van der Waals surface area contributed by atoms with E-state index in [0.29, 0.717) is 23.7 Å². The normalized spacial score (nSPS) is 16.7. The Morgan fingerprint density at radius 3 is 2.46 bits per heavy atom. The SMILES string of the molecule is Cc1ccc(-c2csc(N(C(=O)CN3C(=O)NC4(CCCC4)C3=O)c3cc(C)ccc3C)n2)cc1. The molecule has 1 saturated carbocycles. The summed E-state index contributed by atoms with van der Waals surface area (Å²) in [7, 11) is 0. The highest BCUT2D eigenvalue weighted by Crippen LogP contribution is 2.37. The number of rotatable bonds is 5. The second kappa shape index (κ2) is 8.92. The Bertz CT molecular complexity index is 1310. The van der Waals surface area contributed by atoms with Gasteiger partial charge < -0.3 is 5.32 Å². The largest absolute Gasteiger partial charge is 0.325 e. The standard InChI is InChI=1S/C27H28N4O3S/c1-17-7-10-20(11-8-17)21-16-35-26(28-21)31(22-14-18(2)6-9-19(22)3)23(32)15-30-24(33)27(29-25(30)34)12-4-5-13-27/h6-11,14,16H,4-5,12-13,15H2,1-3H3,(H,29,34). The summed E-state index contributed by atoms with van der Waals surface area (Å²) in [6.07, 6.45) is 3.03. The first kappa shape index (κ1) is 23.2. The summed E-state index contributed by atoms with van der Waals surface area (Å²) < 4.78 is 0. The number of carbonyl (C=O) groups is 3. The van der Waals surface area contributed by atoms with Crippen LogP contribution in [0.15, 0.2) is 47.8 Å². The Balaban J connectivity index is 1.49. The van der Waals surface area contributed by atoms with Crippen molar-refractivity contribution in [2.45, 2.75) is 52.0 Å². The molecule has 8 heteroatoms. The lowest BCUT2D eigenvalue weighted by atomic mass is 9.98. The zero-order valence-corrected chi connectivity index (χ0v) is 20.9. The van der Waals surface area contributed by atoms with Crippen LogP contribution >= 0.6 is 11.3 Å². The molecule has 1 aliphatic carbocycles. The average Bonchev–Trinajstić information content (AvgIpc) is 3.55. The molecule has 2 aliphatic rings. The van der Waals surface area contributed by atoms with Gasteiger partial charge in [0.2, 0.25) is 0 Å². The van der Waals surface area contributed by atoms with Crippen LogP contribution in [-0.2, 0) is 9.59 Å². The molecule has 0 bridgehead atoms. The number of benzene rings is 2. The number of thiazole rings is 1. The fourth-order valence-electron chi connectivity index (χ4n) is 4.87. The van der Waals surface area contributed by atoms with E-state index in [9.17, 15) is 14.4 Å². The summed E-state index contributed by atoms with van der Waals surface area (Å²) in [5.41, 5.74) is 4.64. The number of urea groups is 1. The van der Waals surface area contributed by atoms with Gasteiger partial charge in [0.05, 0.1) is 11.4 Å². The Morgan fingerprint density at radius 1 is 1.06 bits per heavy atom. The second-order valence-electron chi connectivity index (χ2n) is 9.51. The van der Waals surface area contributed by atoms with Crippen molar-refractivity contribution in [1.29, 1.82) is 0 Å². The lowest BCUT2D eigenvalue weighted by Crippen LogP contribution is -2.45. The molecule has 7 nitrogen and oxygen atoms in total. The van der Waals surface area contributed by atoms with Crippen molar-refractivity contribution >= 4 is 40.0 Å². The molecule has 1 saturated heterocycles. The third kappa shape index (κ3) is 4.23. The molecule has 180 valence electrons. The summed E-state index contributed by atoms with van der Waals surface area (Å²) >= 11 is 1.36. The minimum Gasteiger partial charge on any atom is -0.323 e. The van der Waals surface area contributed by atoms with Gasteiger partial charge in [-0.3, -0.25) is 19.4 Å². The third-order valence-corrected chi connectivity index (χ3v) is 7.71. The van der Waals surface area contributed by atoms with Crippen molar-refractivity contribution < 1.29 is 14.4 Å². The van der Waals surface area contributed by atoms with Crippen LogP contribution in [0.25, 0.3) is 11.3 Å². The van der Waals surface area contributed by atoms with E-state index in [1.165, 1.54) is 11.3 Å². The number of nitrogens with zero attached hydrogens (tertiary/aromatic N) is 3. The molecule has 5 rings (SSSR count). The molecule has 1 N–H and O–H groups in total. The predicted octanol–water partition coefficient (Wildman–Crippen LogP) is 5.26. The first-order valence-electron chi connectivity index (χ1n) is 11.8. The minimum absolute atomic E-state index is 0.297. The van der Waals surface area contributed by atoms with E-state index in [0.717, 1.165) is 45.7 Å². The van der Waals surface area contributed by atoms with Crippen molar-refractivity contribution in [3.63, 3.8) is 0 Å². The fourth-order valence-corrected chi connectivity index (χ4v) is 5.73. The topological polar surface area (TPSA) is 82.6 Å². The van der Waals surface area contributed by atoms with Gasteiger partial charge in [0.25, 0.3) is 11.8 Å². The van der Waals surface area contributed by atoms with Gasteiger partial charge in [-0.15, -0.1) is 11.3 Å².